The Morgan fingerprint density at radius 3 is 3.07 bits per heavy atom. The molecule has 76 valence electrons. The second-order valence-corrected chi connectivity index (χ2v) is 4.16. The summed E-state index contributed by atoms with van der Waals surface area (Å²) in [6.45, 7) is 0.572. The van der Waals surface area contributed by atoms with E-state index in [0.29, 0.717) is 28.8 Å². The van der Waals surface area contributed by atoms with E-state index in [0.717, 1.165) is 6.42 Å². The summed E-state index contributed by atoms with van der Waals surface area (Å²) in [5, 5.41) is 9.69. The summed E-state index contributed by atoms with van der Waals surface area (Å²) in [5.41, 5.74) is 0.545. The van der Waals surface area contributed by atoms with Crippen LogP contribution in [0.5, 0.6) is 5.75 Å². The highest BCUT2D eigenvalue weighted by molar-refractivity contribution is 9.10. The number of aliphatic hydroxyl groups is 1. The summed E-state index contributed by atoms with van der Waals surface area (Å²) in [4.78, 5) is 0. The minimum atomic E-state index is -0.616. The van der Waals surface area contributed by atoms with Crippen LogP contribution < -0.4 is 4.74 Å². The number of hydrogen-bond acceptors (Lipinski definition) is 2. The lowest BCUT2D eigenvalue weighted by molar-refractivity contribution is 0.167. The third-order valence-electron chi connectivity index (χ3n) is 2.29. The van der Waals surface area contributed by atoms with E-state index < -0.39 is 6.10 Å². The van der Waals surface area contributed by atoms with Crippen LogP contribution in [0.4, 0.5) is 4.39 Å². The molecule has 2 rings (SSSR count). The van der Waals surface area contributed by atoms with Gasteiger partial charge in [0.1, 0.15) is 11.6 Å². The molecule has 1 aromatic carbocycles. The van der Waals surface area contributed by atoms with E-state index in [1.54, 1.807) is 6.07 Å². The summed E-state index contributed by atoms with van der Waals surface area (Å²) in [6, 6.07) is 2.90. The maximum absolute atomic E-state index is 13.2. The molecule has 0 saturated heterocycles. The Labute approximate surface area is 89.8 Å². The molecule has 4 heteroatoms. The van der Waals surface area contributed by atoms with Gasteiger partial charge in [0.2, 0.25) is 0 Å². The van der Waals surface area contributed by atoms with Crippen LogP contribution in [0.1, 0.15) is 24.5 Å². The van der Waals surface area contributed by atoms with E-state index in [9.17, 15) is 9.50 Å². The molecule has 1 aliphatic rings. The third-order valence-corrected chi connectivity index (χ3v) is 2.90. The fourth-order valence-electron chi connectivity index (χ4n) is 1.54. The molecule has 0 spiro atoms. The molecule has 14 heavy (non-hydrogen) atoms. The lowest BCUT2D eigenvalue weighted by Gasteiger charge is -2.11. The fourth-order valence-corrected chi connectivity index (χ4v) is 1.87. The quantitative estimate of drug-likeness (QED) is 0.778. The Morgan fingerprint density at radius 2 is 2.29 bits per heavy atom. The van der Waals surface area contributed by atoms with Crippen LogP contribution in [0.2, 0.25) is 0 Å². The van der Waals surface area contributed by atoms with Gasteiger partial charge in [0.15, 0.2) is 0 Å². The Morgan fingerprint density at radius 1 is 1.50 bits per heavy atom. The van der Waals surface area contributed by atoms with Crippen LogP contribution in [0.25, 0.3) is 0 Å². The van der Waals surface area contributed by atoms with Gasteiger partial charge in [-0.3, -0.25) is 0 Å². The summed E-state index contributed by atoms with van der Waals surface area (Å²) in [6.07, 6.45) is 0.790. The first-order valence-corrected chi connectivity index (χ1v) is 5.27. The average molecular weight is 261 g/mol. The zero-order valence-electron chi connectivity index (χ0n) is 7.46. The second kappa shape index (κ2) is 3.87. The predicted octanol–water partition coefficient (Wildman–Crippen LogP) is 2.79. The number of ether oxygens (including phenoxy) is 1. The van der Waals surface area contributed by atoms with Crippen molar-refractivity contribution in [2.24, 2.45) is 0 Å². The van der Waals surface area contributed by atoms with Crippen molar-refractivity contribution in [3.63, 3.8) is 0 Å². The van der Waals surface area contributed by atoms with Gasteiger partial charge in [0.25, 0.3) is 0 Å². The minimum absolute atomic E-state index is 0.366. The zero-order chi connectivity index (χ0) is 10.1. The molecule has 0 unspecified atom stereocenters. The maximum atomic E-state index is 13.2. The van der Waals surface area contributed by atoms with E-state index in [1.165, 1.54) is 6.07 Å². The molecule has 1 heterocycles. The molecule has 0 fully saturated rings. The normalized spacial score (nSPS) is 20.9. The van der Waals surface area contributed by atoms with Gasteiger partial charge in [-0.15, -0.1) is 0 Å². The van der Waals surface area contributed by atoms with E-state index in [2.05, 4.69) is 15.9 Å². The van der Waals surface area contributed by atoms with Gasteiger partial charge in [0.05, 0.1) is 17.2 Å². The molecule has 1 N–H and O–H groups in total. The molecule has 1 aromatic rings. The van der Waals surface area contributed by atoms with Gasteiger partial charge in [0, 0.05) is 5.56 Å². The van der Waals surface area contributed by atoms with Crippen LogP contribution >= 0.6 is 15.9 Å². The van der Waals surface area contributed by atoms with Crippen molar-refractivity contribution in [3.05, 3.63) is 28.0 Å². The number of benzene rings is 1. The van der Waals surface area contributed by atoms with Crippen molar-refractivity contribution in [2.75, 3.05) is 6.61 Å². The third kappa shape index (κ3) is 1.77. The highest BCUT2D eigenvalue weighted by Gasteiger charge is 2.19. The highest BCUT2D eigenvalue weighted by Crippen LogP contribution is 2.34. The Kier molecular flexibility index (Phi) is 2.74. The Hall–Kier alpha value is -0.610. The van der Waals surface area contributed by atoms with Crippen LogP contribution in [0.3, 0.4) is 0 Å². The first-order valence-electron chi connectivity index (χ1n) is 4.48. The predicted molar refractivity (Wildman–Crippen MR) is 53.8 cm³/mol. The summed E-state index contributed by atoms with van der Waals surface area (Å²) >= 11 is 3.08. The SMILES string of the molecule is O[C@H]1CCCOc2cc(Br)c(F)cc21. The van der Waals surface area contributed by atoms with Gasteiger partial charge in [-0.05, 0) is 40.9 Å². The van der Waals surface area contributed by atoms with Crippen molar-refractivity contribution < 1.29 is 14.2 Å². The van der Waals surface area contributed by atoms with Crippen molar-refractivity contribution >= 4 is 15.9 Å². The fraction of sp³-hybridized carbons (Fsp3) is 0.400. The summed E-state index contributed by atoms with van der Waals surface area (Å²) in [5.74, 6) is 0.205. The van der Waals surface area contributed by atoms with Gasteiger partial charge in [-0.1, -0.05) is 0 Å². The molecular formula is C10H10BrFO2. The molecule has 1 atom stereocenters. The number of fused-ring (bicyclic) bond motifs is 1. The first-order chi connectivity index (χ1) is 6.68. The molecule has 0 aliphatic carbocycles. The summed E-state index contributed by atoms with van der Waals surface area (Å²) < 4.78 is 19.0. The maximum Gasteiger partial charge on any atom is 0.138 e. The van der Waals surface area contributed by atoms with Crippen LogP contribution in [-0.4, -0.2) is 11.7 Å². The lowest BCUT2D eigenvalue weighted by Crippen LogP contribution is -1.97. The van der Waals surface area contributed by atoms with E-state index in [4.69, 9.17) is 4.74 Å². The molecule has 0 amide bonds. The molecule has 0 bridgehead atoms. The lowest BCUT2D eigenvalue weighted by atomic mass is 10.1. The van der Waals surface area contributed by atoms with Crippen molar-refractivity contribution in [1.29, 1.82) is 0 Å². The first kappa shape index (κ1) is 9.93. The number of aliphatic hydroxyl groups excluding tert-OH is 1. The number of hydrogen-bond donors (Lipinski definition) is 1. The van der Waals surface area contributed by atoms with Crippen LogP contribution in [0.15, 0.2) is 16.6 Å². The van der Waals surface area contributed by atoms with Crippen molar-refractivity contribution in [3.8, 4) is 5.75 Å². The van der Waals surface area contributed by atoms with Gasteiger partial charge in [-0.2, -0.15) is 0 Å². The van der Waals surface area contributed by atoms with E-state index in [1.807, 2.05) is 0 Å². The van der Waals surface area contributed by atoms with Gasteiger partial charge < -0.3 is 9.84 Å². The molecule has 0 aromatic heterocycles. The standard InChI is InChI=1S/C10H10BrFO2/c11-7-5-10-6(4-8(7)12)9(13)2-1-3-14-10/h4-5,9,13H,1-3H2/t9-/m0/s1. The van der Waals surface area contributed by atoms with Gasteiger partial charge >= 0.3 is 0 Å². The van der Waals surface area contributed by atoms with E-state index >= 15 is 0 Å². The molecule has 0 radical (unpaired) electrons. The zero-order valence-corrected chi connectivity index (χ0v) is 9.05. The van der Waals surface area contributed by atoms with Gasteiger partial charge in [-0.25, -0.2) is 4.39 Å². The topological polar surface area (TPSA) is 29.5 Å². The molecule has 1 aliphatic heterocycles. The van der Waals surface area contributed by atoms with Crippen molar-refractivity contribution in [2.45, 2.75) is 18.9 Å². The average Bonchev–Trinajstić information content (AvgIpc) is 2.31. The smallest absolute Gasteiger partial charge is 0.138 e. The molecule has 2 nitrogen and oxygen atoms in total. The highest BCUT2D eigenvalue weighted by atomic mass is 79.9. The minimum Gasteiger partial charge on any atom is -0.493 e. The van der Waals surface area contributed by atoms with Crippen molar-refractivity contribution in [1.82, 2.24) is 0 Å². The Bertz CT molecular complexity index is 354. The second-order valence-electron chi connectivity index (χ2n) is 3.31. The summed E-state index contributed by atoms with van der Waals surface area (Å²) in [7, 11) is 0. The molecule has 0 saturated carbocycles. The number of halogens is 2. The monoisotopic (exact) mass is 260 g/mol. The van der Waals surface area contributed by atoms with E-state index in [-0.39, 0.29) is 5.82 Å². The largest absolute Gasteiger partial charge is 0.493 e. The van der Waals surface area contributed by atoms with Crippen LogP contribution in [-0.2, 0) is 0 Å². The Balaban J connectivity index is 2.49. The van der Waals surface area contributed by atoms with Crippen LogP contribution in [0, 0.1) is 5.82 Å². The molecular weight excluding hydrogens is 251 g/mol. The number of rotatable bonds is 0.